The Balaban J connectivity index is 2.38. The zero-order valence-corrected chi connectivity index (χ0v) is 10.6. The average Bonchev–Trinajstić information content (AvgIpc) is 2.41. The standard InChI is InChI=1S/C16H15NO/c1-16(2,13-6-4-3-5-7-13)14-8-10-15(11-9-14)17-12-18/h3-11H,1-2H3. The summed E-state index contributed by atoms with van der Waals surface area (Å²) in [5.74, 6) is 0. The summed E-state index contributed by atoms with van der Waals surface area (Å²) in [6, 6.07) is 18.0. The predicted octanol–water partition coefficient (Wildman–Crippen LogP) is 3.98. The van der Waals surface area contributed by atoms with Crippen molar-refractivity contribution in [2.24, 2.45) is 4.99 Å². The van der Waals surface area contributed by atoms with E-state index in [0.29, 0.717) is 5.69 Å². The van der Waals surface area contributed by atoms with Gasteiger partial charge < -0.3 is 0 Å². The van der Waals surface area contributed by atoms with Gasteiger partial charge in [0, 0.05) is 5.41 Å². The molecule has 0 N–H and O–H groups in total. The van der Waals surface area contributed by atoms with E-state index in [4.69, 9.17) is 0 Å². The zero-order valence-electron chi connectivity index (χ0n) is 10.6. The minimum atomic E-state index is -0.0648. The zero-order chi connectivity index (χ0) is 13.0. The molecule has 2 nitrogen and oxygen atoms in total. The first-order valence-electron chi connectivity index (χ1n) is 5.88. The van der Waals surface area contributed by atoms with E-state index in [-0.39, 0.29) is 5.41 Å². The molecule has 0 spiro atoms. The second-order valence-electron chi connectivity index (χ2n) is 4.74. The molecule has 0 aromatic heterocycles. The molecular formula is C16H15NO. The van der Waals surface area contributed by atoms with Crippen LogP contribution in [0.5, 0.6) is 0 Å². The molecule has 0 aliphatic rings. The Hall–Kier alpha value is -2.18. The fraction of sp³-hybridized carbons (Fsp3) is 0.188. The number of carbonyl (C=O) groups excluding carboxylic acids is 1. The third-order valence-electron chi connectivity index (χ3n) is 3.26. The summed E-state index contributed by atoms with van der Waals surface area (Å²) < 4.78 is 0. The highest BCUT2D eigenvalue weighted by molar-refractivity contribution is 5.50. The molecule has 0 saturated heterocycles. The lowest BCUT2D eigenvalue weighted by Crippen LogP contribution is -2.18. The Bertz CT molecular complexity index is 564. The maximum absolute atomic E-state index is 10.2. The highest BCUT2D eigenvalue weighted by Gasteiger charge is 2.22. The van der Waals surface area contributed by atoms with E-state index in [9.17, 15) is 4.79 Å². The van der Waals surface area contributed by atoms with E-state index in [0.717, 1.165) is 0 Å². The molecule has 90 valence electrons. The highest BCUT2D eigenvalue weighted by Crippen LogP contribution is 2.32. The van der Waals surface area contributed by atoms with Crippen LogP contribution in [-0.2, 0) is 10.2 Å². The fourth-order valence-electron chi connectivity index (χ4n) is 2.03. The summed E-state index contributed by atoms with van der Waals surface area (Å²) in [6.07, 6.45) is 1.55. The maximum Gasteiger partial charge on any atom is 0.240 e. The van der Waals surface area contributed by atoms with E-state index in [1.807, 2.05) is 42.5 Å². The number of aliphatic imine (C=N–C) groups is 1. The Labute approximate surface area is 107 Å². The van der Waals surface area contributed by atoms with Crippen molar-refractivity contribution in [3.8, 4) is 0 Å². The van der Waals surface area contributed by atoms with Crippen LogP contribution in [0.2, 0.25) is 0 Å². The molecule has 2 heteroatoms. The van der Waals surface area contributed by atoms with Gasteiger partial charge >= 0.3 is 0 Å². The van der Waals surface area contributed by atoms with E-state index in [1.54, 1.807) is 6.08 Å². The van der Waals surface area contributed by atoms with Crippen LogP contribution in [0.4, 0.5) is 5.69 Å². The number of hydrogen-bond donors (Lipinski definition) is 0. The minimum absolute atomic E-state index is 0.0648. The van der Waals surface area contributed by atoms with E-state index in [2.05, 4.69) is 31.0 Å². The number of rotatable bonds is 3. The average molecular weight is 237 g/mol. The molecule has 0 amide bonds. The van der Waals surface area contributed by atoms with Crippen molar-refractivity contribution < 1.29 is 4.79 Å². The quantitative estimate of drug-likeness (QED) is 0.586. The van der Waals surface area contributed by atoms with Crippen LogP contribution in [0.25, 0.3) is 0 Å². The van der Waals surface area contributed by atoms with Crippen LogP contribution in [-0.4, -0.2) is 6.08 Å². The van der Waals surface area contributed by atoms with Gasteiger partial charge in [-0.2, -0.15) is 4.99 Å². The van der Waals surface area contributed by atoms with E-state index >= 15 is 0 Å². The summed E-state index contributed by atoms with van der Waals surface area (Å²) in [4.78, 5) is 13.8. The van der Waals surface area contributed by atoms with Gasteiger partial charge in [-0.25, -0.2) is 4.79 Å². The smallest absolute Gasteiger partial charge is 0.211 e. The van der Waals surface area contributed by atoms with Gasteiger partial charge in [-0.05, 0) is 23.3 Å². The molecule has 2 aromatic carbocycles. The molecule has 0 bridgehead atoms. The molecule has 0 aliphatic heterocycles. The predicted molar refractivity (Wildman–Crippen MR) is 72.8 cm³/mol. The number of hydrogen-bond acceptors (Lipinski definition) is 2. The van der Waals surface area contributed by atoms with Crippen molar-refractivity contribution in [2.75, 3.05) is 0 Å². The normalized spacial score (nSPS) is 10.8. The molecule has 0 radical (unpaired) electrons. The van der Waals surface area contributed by atoms with Crippen molar-refractivity contribution in [1.29, 1.82) is 0 Å². The van der Waals surface area contributed by atoms with E-state index < -0.39 is 0 Å². The fourth-order valence-corrected chi connectivity index (χ4v) is 2.03. The van der Waals surface area contributed by atoms with Crippen molar-refractivity contribution in [1.82, 2.24) is 0 Å². The molecule has 0 fully saturated rings. The molecule has 0 heterocycles. The van der Waals surface area contributed by atoms with Gasteiger partial charge in [0.25, 0.3) is 0 Å². The SMILES string of the molecule is CC(C)(c1ccccc1)c1ccc(N=C=O)cc1. The molecule has 2 rings (SSSR count). The van der Waals surface area contributed by atoms with Gasteiger partial charge in [-0.1, -0.05) is 56.3 Å². The Kier molecular flexibility index (Phi) is 3.40. The Morgan fingerprint density at radius 3 is 2.00 bits per heavy atom. The summed E-state index contributed by atoms with van der Waals surface area (Å²) in [5.41, 5.74) is 3.03. The topological polar surface area (TPSA) is 29.4 Å². The highest BCUT2D eigenvalue weighted by atomic mass is 16.1. The van der Waals surface area contributed by atoms with Crippen molar-refractivity contribution in [2.45, 2.75) is 19.3 Å². The number of isocyanates is 1. The molecule has 0 atom stereocenters. The lowest BCUT2D eigenvalue weighted by atomic mass is 9.78. The van der Waals surface area contributed by atoms with Gasteiger partial charge in [-0.3, -0.25) is 0 Å². The van der Waals surface area contributed by atoms with Crippen molar-refractivity contribution >= 4 is 11.8 Å². The Morgan fingerprint density at radius 1 is 0.889 bits per heavy atom. The summed E-state index contributed by atoms with van der Waals surface area (Å²) in [7, 11) is 0. The molecule has 2 aromatic rings. The third kappa shape index (κ3) is 2.39. The summed E-state index contributed by atoms with van der Waals surface area (Å²) in [6.45, 7) is 4.36. The van der Waals surface area contributed by atoms with Crippen LogP contribution in [0.15, 0.2) is 59.6 Å². The second-order valence-corrected chi connectivity index (χ2v) is 4.74. The lowest BCUT2D eigenvalue weighted by Gasteiger charge is -2.26. The first-order valence-corrected chi connectivity index (χ1v) is 5.88. The lowest BCUT2D eigenvalue weighted by molar-refractivity contribution is 0.565. The van der Waals surface area contributed by atoms with Crippen LogP contribution < -0.4 is 0 Å². The minimum Gasteiger partial charge on any atom is -0.211 e. The Morgan fingerprint density at radius 2 is 1.44 bits per heavy atom. The van der Waals surface area contributed by atoms with Crippen LogP contribution in [0.3, 0.4) is 0 Å². The second kappa shape index (κ2) is 4.99. The largest absolute Gasteiger partial charge is 0.240 e. The number of nitrogens with zero attached hydrogens (tertiary/aromatic N) is 1. The first-order chi connectivity index (χ1) is 8.64. The van der Waals surface area contributed by atoms with E-state index in [1.165, 1.54) is 11.1 Å². The molecule has 0 aliphatic carbocycles. The van der Waals surface area contributed by atoms with Crippen LogP contribution >= 0.6 is 0 Å². The van der Waals surface area contributed by atoms with Crippen LogP contribution in [0, 0.1) is 0 Å². The third-order valence-corrected chi connectivity index (χ3v) is 3.26. The van der Waals surface area contributed by atoms with Gasteiger partial charge in [0.15, 0.2) is 0 Å². The first kappa shape index (κ1) is 12.3. The van der Waals surface area contributed by atoms with Crippen molar-refractivity contribution in [3.63, 3.8) is 0 Å². The van der Waals surface area contributed by atoms with Gasteiger partial charge in [-0.15, -0.1) is 0 Å². The molecule has 0 unspecified atom stereocenters. The number of benzene rings is 2. The molecule has 0 saturated carbocycles. The van der Waals surface area contributed by atoms with Gasteiger partial charge in [0.05, 0.1) is 5.69 Å². The summed E-state index contributed by atoms with van der Waals surface area (Å²) in [5, 5.41) is 0. The molecular weight excluding hydrogens is 222 g/mol. The molecule has 18 heavy (non-hydrogen) atoms. The van der Waals surface area contributed by atoms with Crippen LogP contribution in [0.1, 0.15) is 25.0 Å². The maximum atomic E-state index is 10.2. The van der Waals surface area contributed by atoms with Crippen molar-refractivity contribution in [3.05, 3.63) is 65.7 Å². The monoisotopic (exact) mass is 237 g/mol. The van der Waals surface area contributed by atoms with Gasteiger partial charge in [0.2, 0.25) is 6.08 Å². The van der Waals surface area contributed by atoms with Gasteiger partial charge in [0.1, 0.15) is 0 Å². The summed E-state index contributed by atoms with van der Waals surface area (Å²) >= 11 is 0.